The lowest BCUT2D eigenvalue weighted by molar-refractivity contribution is 0.0935. The van der Waals surface area contributed by atoms with Gasteiger partial charge in [-0.1, -0.05) is 30.3 Å². The van der Waals surface area contributed by atoms with Crippen LogP contribution in [-0.4, -0.2) is 17.4 Å². The second kappa shape index (κ2) is 6.88. The summed E-state index contributed by atoms with van der Waals surface area (Å²) in [7, 11) is 0. The first-order chi connectivity index (χ1) is 10.1. The van der Waals surface area contributed by atoms with Gasteiger partial charge in [0.05, 0.1) is 6.04 Å². The van der Waals surface area contributed by atoms with E-state index >= 15 is 0 Å². The summed E-state index contributed by atoms with van der Waals surface area (Å²) in [6, 6.07) is 13.4. The Balaban J connectivity index is 2.11. The summed E-state index contributed by atoms with van der Waals surface area (Å²) in [6.45, 7) is 6.79. The molecule has 110 valence electrons. The number of nitrogens with one attached hydrogen (secondary N) is 2. The lowest BCUT2D eigenvalue weighted by Crippen LogP contribution is -2.28. The number of anilines is 1. The van der Waals surface area contributed by atoms with Gasteiger partial charge in [0.15, 0.2) is 0 Å². The van der Waals surface area contributed by atoms with E-state index in [9.17, 15) is 4.79 Å². The van der Waals surface area contributed by atoms with Crippen LogP contribution in [-0.2, 0) is 0 Å². The third kappa shape index (κ3) is 3.81. The number of pyridine rings is 1. The molecule has 2 rings (SSSR count). The molecule has 0 saturated carbocycles. The average molecular weight is 283 g/mol. The molecule has 4 heteroatoms. The summed E-state index contributed by atoms with van der Waals surface area (Å²) in [4.78, 5) is 16.6. The van der Waals surface area contributed by atoms with Gasteiger partial charge in [0.2, 0.25) is 0 Å². The number of amides is 1. The van der Waals surface area contributed by atoms with E-state index < -0.39 is 0 Å². The van der Waals surface area contributed by atoms with Crippen LogP contribution < -0.4 is 10.6 Å². The first-order valence-corrected chi connectivity index (χ1v) is 7.19. The number of aryl methyl sites for hydroxylation is 1. The smallest absolute Gasteiger partial charge is 0.270 e. The fraction of sp³-hybridized carbons (Fsp3) is 0.294. The van der Waals surface area contributed by atoms with Crippen molar-refractivity contribution in [1.29, 1.82) is 0 Å². The van der Waals surface area contributed by atoms with E-state index in [0.29, 0.717) is 11.5 Å². The summed E-state index contributed by atoms with van der Waals surface area (Å²) in [6.07, 6.45) is 0. The van der Waals surface area contributed by atoms with Gasteiger partial charge in [0.1, 0.15) is 11.5 Å². The van der Waals surface area contributed by atoms with Crippen LogP contribution in [0.1, 0.15) is 41.5 Å². The zero-order chi connectivity index (χ0) is 15.2. The Morgan fingerprint density at radius 2 is 1.95 bits per heavy atom. The Bertz CT molecular complexity index is 625. The number of carbonyl (C=O) groups excluding carboxylic acids is 1. The molecule has 0 aliphatic carbocycles. The largest absolute Gasteiger partial charge is 0.370 e. The van der Waals surface area contributed by atoms with Gasteiger partial charge in [-0.2, -0.15) is 0 Å². The molecule has 0 spiro atoms. The molecule has 0 fully saturated rings. The number of rotatable bonds is 5. The normalized spacial score (nSPS) is 11.8. The SMILES string of the molecule is CCNc1cccc(C(=O)NC(C)c2ccccc2C)n1. The van der Waals surface area contributed by atoms with E-state index in [1.54, 1.807) is 6.07 Å². The molecule has 0 aliphatic rings. The zero-order valence-corrected chi connectivity index (χ0v) is 12.7. The van der Waals surface area contributed by atoms with Crippen molar-refractivity contribution in [2.75, 3.05) is 11.9 Å². The summed E-state index contributed by atoms with van der Waals surface area (Å²) in [5, 5.41) is 6.10. The molecule has 2 N–H and O–H groups in total. The lowest BCUT2D eigenvalue weighted by atomic mass is 10.0. The highest BCUT2D eigenvalue weighted by Crippen LogP contribution is 2.17. The van der Waals surface area contributed by atoms with E-state index in [1.807, 2.05) is 57.2 Å². The van der Waals surface area contributed by atoms with Gasteiger partial charge in [-0.15, -0.1) is 0 Å². The molecule has 0 saturated heterocycles. The van der Waals surface area contributed by atoms with E-state index in [2.05, 4.69) is 15.6 Å². The summed E-state index contributed by atoms with van der Waals surface area (Å²) in [5.74, 6) is 0.555. The number of hydrogen-bond acceptors (Lipinski definition) is 3. The first-order valence-electron chi connectivity index (χ1n) is 7.19. The Morgan fingerprint density at radius 1 is 1.19 bits per heavy atom. The van der Waals surface area contributed by atoms with Crippen molar-refractivity contribution >= 4 is 11.7 Å². The quantitative estimate of drug-likeness (QED) is 0.885. The van der Waals surface area contributed by atoms with Crippen molar-refractivity contribution in [2.45, 2.75) is 26.8 Å². The van der Waals surface area contributed by atoms with Gasteiger partial charge in [-0.05, 0) is 44.0 Å². The van der Waals surface area contributed by atoms with E-state index in [1.165, 1.54) is 5.56 Å². The van der Waals surface area contributed by atoms with Gasteiger partial charge in [-0.25, -0.2) is 4.98 Å². The van der Waals surface area contributed by atoms with E-state index in [0.717, 1.165) is 12.1 Å². The molecule has 0 bridgehead atoms. The van der Waals surface area contributed by atoms with Crippen molar-refractivity contribution in [1.82, 2.24) is 10.3 Å². The average Bonchev–Trinajstić information content (AvgIpc) is 2.48. The minimum absolute atomic E-state index is 0.0525. The van der Waals surface area contributed by atoms with Gasteiger partial charge in [-0.3, -0.25) is 4.79 Å². The predicted octanol–water partition coefficient (Wildman–Crippen LogP) is 3.31. The molecule has 4 nitrogen and oxygen atoms in total. The molecular weight excluding hydrogens is 262 g/mol. The number of carbonyl (C=O) groups is 1. The Hall–Kier alpha value is -2.36. The van der Waals surface area contributed by atoms with Crippen molar-refractivity contribution < 1.29 is 4.79 Å². The molecule has 21 heavy (non-hydrogen) atoms. The van der Waals surface area contributed by atoms with Crippen molar-refractivity contribution in [3.8, 4) is 0 Å². The molecule has 1 amide bonds. The molecule has 1 unspecified atom stereocenters. The van der Waals surface area contributed by atoms with E-state index in [4.69, 9.17) is 0 Å². The third-order valence-electron chi connectivity index (χ3n) is 3.34. The van der Waals surface area contributed by atoms with Gasteiger partial charge >= 0.3 is 0 Å². The lowest BCUT2D eigenvalue weighted by Gasteiger charge is -2.16. The zero-order valence-electron chi connectivity index (χ0n) is 12.7. The monoisotopic (exact) mass is 283 g/mol. The maximum atomic E-state index is 12.3. The molecule has 0 aliphatic heterocycles. The van der Waals surface area contributed by atoms with Crippen LogP contribution in [0.25, 0.3) is 0 Å². The summed E-state index contributed by atoms with van der Waals surface area (Å²) in [5.41, 5.74) is 2.71. The van der Waals surface area contributed by atoms with Crippen LogP contribution in [0, 0.1) is 6.92 Å². The van der Waals surface area contributed by atoms with Crippen LogP contribution in [0.4, 0.5) is 5.82 Å². The number of aromatic nitrogens is 1. The Labute approximate surface area is 125 Å². The first kappa shape index (κ1) is 15.0. The molecule has 2 aromatic rings. The topological polar surface area (TPSA) is 54.0 Å². The van der Waals surface area contributed by atoms with Crippen LogP contribution >= 0.6 is 0 Å². The summed E-state index contributed by atoms with van der Waals surface area (Å²) >= 11 is 0. The van der Waals surface area contributed by atoms with Crippen molar-refractivity contribution in [3.05, 3.63) is 59.3 Å². The van der Waals surface area contributed by atoms with Crippen LogP contribution in [0.5, 0.6) is 0 Å². The second-order valence-corrected chi connectivity index (χ2v) is 4.99. The van der Waals surface area contributed by atoms with Crippen LogP contribution in [0.3, 0.4) is 0 Å². The second-order valence-electron chi connectivity index (χ2n) is 4.99. The van der Waals surface area contributed by atoms with Crippen LogP contribution in [0.2, 0.25) is 0 Å². The maximum Gasteiger partial charge on any atom is 0.270 e. The molecule has 1 aromatic carbocycles. The third-order valence-corrected chi connectivity index (χ3v) is 3.34. The van der Waals surface area contributed by atoms with Crippen molar-refractivity contribution in [3.63, 3.8) is 0 Å². The summed E-state index contributed by atoms with van der Waals surface area (Å²) < 4.78 is 0. The highest BCUT2D eigenvalue weighted by Gasteiger charge is 2.14. The fourth-order valence-corrected chi connectivity index (χ4v) is 2.26. The van der Waals surface area contributed by atoms with Gasteiger partial charge in [0, 0.05) is 6.54 Å². The number of benzene rings is 1. The Kier molecular flexibility index (Phi) is 4.93. The highest BCUT2D eigenvalue weighted by molar-refractivity contribution is 5.92. The molecule has 1 aromatic heterocycles. The molecule has 0 radical (unpaired) electrons. The molecule has 1 atom stereocenters. The van der Waals surface area contributed by atoms with Crippen LogP contribution in [0.15, 0.2) is 42.5 Å². The van der Waals surface area contributed by atoms with Gasteiger partial charge < -0.3 is 10.6 Å². The fourth-order valence-electron chi connectivity index (χ4n) is 2.26. The maximum absolute atomic E-state index is 12.3. The highest BCUT2D eigenvalue weighted by atomic mass is 16.1. The minimum atomic E-state index is -0.162. The van der Waals surface area contributed by atoms with E-state index in [-0.39, 0.29) is 11.9 Å². The predicted molar refractivity (Wildman–Crippen MR) is 85.5 cm³/mol. The molecular formula is C17H21N3O. The molecule has 1 heterocycles. The minimum Gasteiger partial charge on any atom is -0.370 e. The van der Waals surface area contributed by atoms with Crippen molar-refractivity contribution in [2.24, 2.45) is 0 Å². The standard InChI is InChI=1S/C17H21N3O/c1-4-18-16-11-7-10-15(20-16)17(21)19-13(3)14-9-6-5-8-12(14)2/h5-11,13H,4H2,1-3H3,(H,18,20)(H,19,21). The number of nitrogens with zero attached hydrogens (tertiary/aromatic N) is 1. The van der Waals surface area contributed by atoms with Gasteiger partial charge in [0.25, 0.3) is 5.91 Å². The number of hydrogen-bond donors (Lipinski definition) is 2. The Morgan fingerprint density at radius 3 is 2.67 bits per heavy atom.